The molecule has 0 radical (unpaired) electrons. The standard InChI is InChI=1S/C57H48N4O3.CH5N/c1-62-55-25-13-22-52(40-55)59(43-16-7-4-8-17-43)49-34-28-46(29-35-49)58(47-30-36-50(37-31-47)60(44-18-9-5-10-19-44)53-23-14-26-56(41-53)63-2)48-32-38-51(39-33-48)61(45-20-11-6-12-21-45)54-24-15-27-57(42-54)64-3;1-2/h4-42H,1-3H3;2H2,1H3/p+1. The minimum Gasteiger partial charge on any atom is -0.497 e. The van der Waals surface area contributed by atoms with E-state index in [0.29, 0.717) is 0 Å². The Morgan fingerprint density at radius 3 is 0.742 bits per heavy atom. The lowest BCUT2D eigenvalue weighted by molar-refractivity contribution is -0.681. The van der Waals surface area contributed by atoms with Gasteiger partial charge in [-0.2, -0.15) is 0 Å². The Morgan fingerprint density at radius 1 is 0.273 bits per heavy atom. The molecule has 0 aliphatic carbocycles. The van der Waals surface area contributed by atoms with Gasteiger partial charge in [-0.25, -0.2) is 4.90 Å². The average molecular weight is 869 g/mol. The zero-order chi connectivity index (χ0) is 45.7. The highest BCUT2D eigenvalue weighted by Gasteiger charge is 2.23. The number of quaternary nitrogens is 1. The highest BCUT2D eigenvalue weighted by molar-refractivity contribution is 5.80. The number of hydrogen-bond acceptors (Lipinski definition) is 7. The summed E-state index contributed by atoms with van der Waals surface area (Å²) in [5, 5.41) is 0. The fourth-order valence-electron chi connectivity index (χ4n) is 8.15. The first-order chi connectivity index (χ1) is 32.6. The van der Waals surface area contributed by atoms with Crippen molar-refractivity contribution in [2.75, 3.05) is 43.1 Å². The predicted octanol–water partition coefficient (Wildman–Crippen LogP) is 13.9. The maximum absolute atomic E-state index is 5.65. The van der Waals surface area contributed by atoms with Crippen LogP contribution in [0, 0.1) is 0 Å². The fourth-order valence-corrected chi connectivity index (χ4v) is 8.15. The molecule has 8 nitrogen and oxygen atoms in total. The number of benzene rings is 9. The van der Waals surface area contributed by atoms with Gasteiger partial charge in [0.05, 0.1) is 21.3 Å². The van der Waals surface area contributed by atoms with Crippen molar-refractivity contribution in [1.29, 1.82) is 0 Å². The highest BCUT2D eigenvalue weighted by atomic mass is 16.5. The third kappa shape index (κ3) is 9.91. The molecular weight excluding hydrogens is 815 g/mol. The van der Waals surface area contributed by atoms with Crippen molar-refractivity contribution in [2.24, 2.45) is 5.73 Å². The second-order valence-corrected chi connectivity index (χ2v) is 15.1. The molecule has 0 saturated carbocycles. The van der Waals surface area contributed by atoms with Crippen LogP contribution in [-0.4, -0.2) is 28.4 Å². The molecule has 0 atom stereocenters. The molecule has 0 aliphatic heterocycles. The Labute approximate surface area is 388 Å². The zero-order valence-corrected chi connectivity index (χ0v) is 37.7. The van der Waals surface area contributed by atoms with Gasteiger partial charge < -0.3 is 34.6 Å². The third-order valence-electron chi connectivity index (χ3n) is 11.2. The van der Waals surface area contributed by atoms with Crippen molar-refractivity contribution in [1.82, 2.24) is 0 Å². The second kappa shape index (κ2) is 21.4. The predicted molar refractivity (Wildman–Crippen MR) is 273 cm³/mol. The van der Waals surface area contributed by atoms with E-state index < -0.39 is 0 Å². The van der Waals surface area contributed by atoms with Crippen molar-refractivity contribution in [3.8, 4) is 17.2 Å². The van der Waals surface area contributed by atoms with Crippen LogP contribution in [0.1, 0.15) is 0 Å². The van der Waals surface area contributed by atoms with Crippen LogP contribution in [0.2, 0.25) is 0 Å². The van der Waals surface area contributed by atoms with Crippen molar-refractivity contribution in [3.05, 3.63) is 237 Å². The summed E-state index contributed by atoms with van der Waals surface area (Å²) in [5.41, 5.74) is 17.0. The maximum atomic E-state index is 5.65. The highest BCUT2D eigenvalue weighted by Crippen LogP contribution is 2.40. The number of para-hydroxylation sites is 3. The number of ether oxygens (including phenoxy) is 3. The van der Waals surface area contributed by atoms with Gasteiger partial charge in [-0.3, -0.25) is 0 Å². The summed E-state index contributed by atoms with van der Waals surface area (Å²) in [5.74, 6) is 2.39. The first-order valence-corrected chi connectivity index (χ1v) is 21.8. The van der Waals surface area contributed by atoms with Crippen LogP contribution >= 0.6 is 0 Å². The van der Waals surface area contributed by atoms with Gasteiger partial charge >= 0.3 is 0 Å². The molecule has 0 heterocycles. The molecular formula is C58H54N5O3+. The summed E-state index contributed by atoms with van der Waals surface area (Å²) in [6, 6.07) is 82.3. The number of anilines is 9. The smallest absolute Gasteiger partial charge is 0.141 e. The lowest BCUT2D eigenvalue weighted by Gasteiger charge is -2.28. The van der Waals surface area contributed by atoms with E-state index in [4.69, 9.17) is 14.2 Å². The molecule has 9 rings (SSSR count). The zero-order valence-electron chi connectivity index (χ0n) is 37.7. The molecule has 9 aromatic carbocycles. The van der Waals surface area contributed by atoms with E-state index in [1.165, 1.54) is 7.05 Å². The Balaban J connectivity index is 0.00000292. The Morgan fingerprint density at radius 2 is 0.500 bits per heavy atom. The quantitative estimate of drug-likeness (QED) is 0.106. The number of rotatable bonds is 15. The van der Waals surface area contributed by atoms with E-state index in [-0.39, 0.29) is 0 Å². The number of hydrogen-bond donors (Lipinski definition) is 2. The fraction of sp³-hybridized carbons (Fsp3) is 0.0690. The Bertz CT molecular complexity index is 2580. The summed E-state index contributed by atoms with van der Waals surface area (Å²) in [6.45, 7) is 0. The summed E-state index contributed by atoms with van der Waals surface area (Å²) in [6.07, 6.45) is 0. The molecule has 0 spiro atoms. The number of nitrogens with zero attached hydrogens (tertiary/aromatic N) is 3. The summed E-state index contributed by atoms with van der Waals surface area (Å²) >= 11 is 0. The van der Waals surface area contributed by atoms with Crippen molar-refractivity contribution < 1.29 is 19.1 Å². The van der Waals surface area contributed by atoms with Gasteiger partial charge in [-0.05, 0) is 116 Å². The molecule has 0 unspecified atom stereocenters. The van der Waals surface area contributed by atoms with Gasteiger partial charge in [-0.15, -0.1) is 0 Å². The number of nitrogens with two attached hydrogens (primary N) is 1. The number of nitrogens with one attached hydrogen (secondary N) is 1. The van der Waals surface area contributed by atoms with Crippen LogP contribution < -0.4 is 39.5 Å². The minimum atomic E-state index is 0.798. The Kier molecular flexibility index (Phi) is 14.4. The molecule has 0 aromatic heterocycles. The van der Waals surface area contributed by atoms with E-state index in [2.05, 4.69) is 202 Å². The summed E-state index contributed by atoms with van der Waals surface area (Å²) in [7, 11) is 6.60. The van der Waals surface area contributed by atoms with E-state index in [0.717, 1.165) is 90.4 Å². The lowest BCUT2D eigenvalue weighted by atomic mass is 10.1. The molecule has 9 aromatic rings. The largest absolute Gasteiger partial charge is 0.497 e. The van der Waals surface area contributed by atoms with Crippen LogP contribution in [0.5, 0.6) is 17.2 Å². The van der Waals surface area contributed by atoms with Gasteiger partial charge in [0, 0.05) is 106 Å². The van der Waals surface area contributed by atoms with Crippen molar-refractivity contribution >= 4 is 68.2 Å². The normalized spacial score (nSPS) is 10.6. The molecule has 8 heteroatoms. The topological polar surface area (TPSA) is 67.9 Å². The van der Waals surface area contributed by atoms with Crippen LogP contribution in [0.4, 0.5) is 68.2 Å². The van der Waals surface area contributed by atoms with Gasteiger partial charge in [0.2, 0.25) is 0 Å². The van der Waals surface area contributed by atoms with E-state index >= 15 is 0 Å². The van der Waals surface area contributed by atoms with Crippen LogP contribution in [0.25, 0.3) is 0 Å². The first kappa shape index (κ1) is 44.3. The number of methoxy groups -OCH3 is 3. The molecule has 0 amide bonds. The molecule has 0 saturated heterocycles. The average Bonchev–Trinajstić information content (AvgIpc) is 3.40. The van der Waals surface area contributed by atoms with E-state index in [1.54, 1.807) is 21.3 Å². The molecule has 0 bridgehead atoms. The summed E-state index contributed by atoms with van der Waals surface area (Å²) in [4.78, 5) is 7.87. The monoisotopic (exact) mass is 868 g/mol. The molecule has 66 heavy (non-hydrogen) atoms. The van der Waals surface area contributed by atoms with Gasteiger partial charge in [0.15, 0.2) is 0 Å². The second-order valence-electron chi connectivity index (χ2n) is 15.1. The van der Waals surface area contributed by atoms with Gasteiger partial charge in [0.25, 0.3) is 0 Å². The van der Waals surface area contributed by atoms with E-state index in [1.807, 2.05) is 54.6 Å². The SMILES string of the molecule is CN.COc1cccc(N(c2ccccc2)c2ccc([NH+](c3ccc(N(c4ccccc4)c4cccc(OC)c4)cc3)c3ccc(N(c4ccccc4)c4cccc(OC)c4)cc3)cc2)c1. The van der Waals surface area contributed by atoms with Gasteiger partial charge in [-0.1, -0.05) is 72.8 Å². The molecule has 0 aliphatic rings. The molecule has 0 fully saturated rings. The molecule has 328 valence electrons. The first-order valence-electron chi connectivity index (χ1n) is 21.8. The Hall–Kier alpha value is -8.30. The van der Waals surface area contributed by atoms with Crippen molar-refractivity contribution in [2.45, 2.75) is 0 Å². The van der Waals surface area contributed by atoms with Crippen LogP contribution in [0.15, 0.2) is 237 Å². The third-order valence-corrected chi connectivity index (χ3v) is 11.2. The lowest BCUT2D eigenvalue weighted by Crippen LogP contribution is -2.96. The van der Waals surface area contributed by atoms with E-state index in [9.17, 15) is 0 Å². The van der Waals surface area contributed by atoms with Gasteiger partial charge in [0.1, 0.15) is 34.3 Å². The van der Waals surface area contributed by atoms with Crippen LogP contribution in [0.3, 0.4) is 0 Å². The molecule has 3 N–H and O–H groups in total. The minimum absolute atomic E-state index is 0.798. The summed E-state index contributed by atoms with van der Waals surface area (Å²) < 4.78 is 16.9. The van der Waals surface area contributed by atoms with Crippen molar-refractivity contribution in [3.63, 3.8) is 0 Å². The maximum Gasteiger partial charge on any atom is 0.141 e. The van der Waals surface area contributed by atoms with Crippen LogP contribution in [-0.2, 0) is 0 Å².